The molecule has 0 radical (unpaired) electrons. The van der Waals surface area contributed by atoms with Gasteiger partial charge in [-0.15, -0.1) is 5.10 Å². The minimum Gasteiger partial charge on any atom is -0.411 e. The van der Waals surface area contributed by atoms with Crippen LogP contribution in [0.15, 0.2) is 27.8 Å². The molecule has 0 saturated heterocycles. The molecule has 2 aromatic rings. The summed E-state index contributed by atoms with van der Waals surface area (Å²) in [6.45, 7) is 1.57. The summed E-state index contributed by atoms with van der Waals surface area (Å²) in [7, 11) is -3.99. The van der Waals surface area contributed by atoms with Crippen LogP contribution in [0.5, 0.6) is 0 Å². The number of halogens is 2. The van der Waals surface area contributed by atoms with E-state index in [0.717, 1.165) is 6.07 Å². The Balaban J connectivity index is 2.36. The normalized spacial score (nSPS) is 13.4. The van der Waals surface area contributed by atoms with Crippen molar-refractivity contribution in [3.63, 3.8) is 0 Å². The van der Waals surface area contributed by atoms with Gasteiger partial charge in [-0.05, 0) is 19.1 Å². The molecule has 1 aromatic heterocycles. The smallest absolute Gasteiger partial charge is 0.335 e. The number of rotatable bonds is 4. The van der Waals surface area contributed by atoms with Crippen molar-refractivity contribution in [3.05, 3.63) is 40.5 Å². The van der Waals surface area contributed by atoms with E-state index in [-0.39, 0.29) is 16.5 Å². The summed E-state index contributed by atoms with van der Waals surface area (Å²) in [5.74, 6) is -1.39. The van der Waals surface area contributed by atoms with Gasteiger partial charge >= 0.3 is 5.22 Å². The summed E-state index contributed by atoms with van der Waals surface area (Å²) < 4.78 is 42.7. The van der Waals surface area contributed by atoms with Crippen molar-refractivity contribution in [2.24, 2.45) is 5.73 Å². The van der Waals surface area contributed by atoms with Gasteiger partial charge in [-0.25, -0.2) is 12.8 Å². The molecule has 0 aliphatic carbocycles. The van der Waals surface area contributed by atoms with E-state index in [2.05, 4.69) is 10.2 Å². The van der Waals surface area contributed by atoms with Gasteiger partial charge in [0.2, 0.25) is 15.7 Å². The third-order valence-electron chi connectivity index (χ3n) is 2.47. The third-order valence-corrected chi connectivity index (χ3v) is 4.19. The Kier molecular flexibility index (Phi) is 4.07. The SMILES string of the molecule is CC(N)c1nnc(S(=O)(=O)Cc2c(F)cccc2Cl)o1. The molecular formula is C11H11ClFN3O3S. The number of hydrogen-bond acceptors (Lipinski definition) is 6. The van der Waals surface area contributed by atoms with Crippen LogP contribution in [-0.4, -0.2) is 18.6 Å². The van der Waals surface area contributed by atoms with E-state index in [1.54, 1.807) is 6.92 Å². The highest BCUT2D eigenvalue weighted by atomic mass is 35.5. The van der Waals surface area contributed by atoms with Crippen LogP contribution < -0.4 is 5.73 Å². The van der Waals surface area contributed by atoms with Gasteiger partial charge in [0.25, 0.3) is 0 Å². The number of hydrogen-bond donors (Lipinski definition) is 1. The zero-order chi connectivity index (χ0) is 14.9. The second kappa shape index (κ2) is 5.47. The highest BCUT2D eigenvalue weighted by Gasteiger charge is 2.26. The lowest BCUT2D eigenvalue weighted by atomic mass is 10.2. The molecule has 1 heterocycles. The average molecular weight is 320 g/mol. The number of aromatic nitrogens is 2. The number of nitrogens with zero attached hydrogens (tertiary/aromatic N) is 2. The van der Waals surface area contributed by atoms with Crippen LogP contribution in [0.2, 0.25) is 5.02 Å². The summed E-state index contributed by atoms with van der Waals surface area (Å²) in [5, 5.41) is 6.34. The maximum Gasteiger partial charge on any atom is 0.335 e. The fourth-order valence-electron chi connectivity index (χ4n) is 1.45. The minimum atomic E-state index is -3.99. The molecular weight excluding hydrogens is 309 g/mol. The molecule has 6 nitrogen and oxygen atoms in total. The van der Waals surface area contributed by atoms with Gasteiger partial charge in [0.15, 0.2) is 0 Å². The Labute approximate surface area is 119 Å². The zero-order valence-corrected chi connectivity index (χ0v) is 11.9. The molecule has 0 amide bonds. The molecule has 2 N–H and O–H groups in total. The molecule has 0 bridgehead atoms. The number of benzene rings is 1. The number of nitrogens with two attached hydrogens (primary N) is 1. The van der Waals surface area contributed by atoms with Gasteiger partial charge in [0.05, 0.1) is 11.8 Å². The summed E-state index contributed by atoms with van der Waals surface area (Å²) in [5.41, 5.74) is 5.36. The quantitative estimate of drug-likeness (QED) is 0.923. The molecule has 0 spiro atoms. The zero-order valence-electron chi connectivity index (χ0n) is 10.4. The van der Waals surface area contributed by atoms with Crippen molar-refractivity contribution in [3.8, 4) is 0 Å². The maximum atomic E-state index is 13.6. The van der Waals surface area contributed by atoms with E-state index in [0.29, 0.717) is 0 Å². The first kappa shape index (κ1) is 14.9. The Morgan fingerprint density at radius 2 is 2.15 bits per heavy atom. The molecule has 0 aliphatic rings. The van der Waals surface area contributed by atoms with Gasteiger partial charge in [0.1, 0.15) is 5.82 Å². The standard InChI is InChI=1S/C11H11ClFN3O3S/c1-6(14)10-15-16-11(19-10)20(17,18)5-7-8(12)3-2-4-9(7)13/h2-4,6H,5,14H2,1H3. The molecule has 0 saturated carbocycles. The highest BCUT2D eigenvalue weighted by Crippen LogP contribution is 2.24. The topological polar surface area (TPSA) is 99.1 Å². The molecule has 2 rings (SSSR count). The lowest BCUT2D eigenvalue weighted by molar-refractivity contribution is 0.380. The van der Waals surface area contributed by atoms with E-state index < -0.39 is 32.7 Å². The largest absolute Gasteiger partial charge is 0.411 e. The highest BCUT2D eigenvalue weighted by molar-refractivity contribution is 7.90. The molecule has 0 fully saturated rings. The summed E-state index contributed by atoms with van der Waals surface area (Å²) in [4.78, 5) is 0. The monoisotopic (exact) mass is 319 g/mol. The number of sulfone groups is 1. The average Bonchev–Trinajstić information content (AvgIpc) is 2.84. The molecule has 9 heteroatoms. The summed E-state index contributed by atoms with van der Waals surface area (Å²) >= 11 is 5.79. The van der Waals surface area contributed by atoms with Crippen molar-refractivity contribution >= 4 is 21.4 Å². The maximum absolute atomic E-state index is 13.6. The van der Waals surface area contributed by atoms with Crippen molar-refractivity contribution in [1.82, 2.24) is 10.2 Å². The molecule has 108 valence electrons. The van der Waals surface area contributed by atoms with Gasteiger partial charge < -0.3 is 10.2 Å². The van der Waals surface area contributed by atoms with Crippen LogP contribution in [0, 0.1) is 5.82 Å². The van der Waals surface area contributed by atoms with E-state index >= 15 is 0 Å². The Hall–Kier alpha value is -1.51. The predicted octanol–water partition coefficient (Wildman–Crippen LogP) is 1.86. The second-order valence-corrected chi connectivity index (χ2v) is 6.43. The van der Waals surface area contributed by atoms with Crippen molar-refractivity contribution in [2.45, 2.75) is 23.9 Å². The fraction of sp³-hybridized carbons (Fsp3) is 0.273. The summed E-state index contributed by atoms with van der Waals surface area (Å²) in [6, 6.07) is 3.31. The van der Waals surface area contributed by atoms with Gasteiger partial charge in [-0.3, -0.25) is 0 Å². The first-order chi connectivity index (χ1) is 9.31. The fourth-order valence-corrected chi connectivity index (χ4v) is 2.94. The molecule has 1 aromatic carbocycles. The van der Waals surface area contributed by atoms with Crippen LogP contribution in [0.1, 0.15) is 24.4 Å². The van der Waals surface area contributed by atoms with E-state index in [1.807, 2.05) is 0 Å². The van der Waals surface area contributed by atoms with E-state index in [9.17, 15) is 12.8 Å². The third kappa shape index (κ3) is 2.97. The van der Waals surface area contributed by atoms with Gasteiger partial charge in [-0.2, -0.15) is 0 Å². The van der Waals surface area contributed by atoms with Crippen molar-refractivity contribution in [2.75, 3.05) is 0 Å². The predicted molar refractivity (Wildman–Crippen MR) is 69.2 cm³/mol. The summed E-state index contributed by atoms with van der Waals surface area (Å²) in [6.07, 6.45) is 0. The molecule has 1 atom stereocenters. The van der Waals surface area contributed by atoms with E-state index in [4.69, 9.17) is 21.8 Å². The Bertz CT molecular complexity index is 710. The van der Waals surface area contributed by atoms with Crippen LogP contribution in [0.3, 0.4) is 0 Å². The second-order valence-electron chi connectivity index (χ2n) is 4.15. The van der Waals surface area contributed by atoms with Crippen molar-refractivity contribution < 1.29 is 17.2 Å². The van der Waals surface area contributed by atoms with Crippen LogP contribution in [-0.2, 0) is 15.6 Å². The van der Waals surface area contributed by atoms with Crippen LogP contribution in [0.4, 0.5) is 4.39 Å². The Morgan fingerprint density at radius 3 is 2.70 bits per heavy atom. The Morgan fingerprint density at radius 1 is 1.45 bits per heavy atom. The van der Waals surface area contributed by atoms with Gasteiger partial charge in [-0.1, -0.05) is 22.8 Å². The lowest BCUT2D eigenvalue weighted by Gasteiger charge is -2.04. The molecule has 1 unspecified atom stereocenters. The minimum absolute atomic E-state index is 0.0109. The molecule has 20 heavy (non-hydrogen) atoms. The first-order valence-corrected chi connectivity index (χ1v) is 7.59. The first-order valence-electron chi connectivity index (χ1n) is 5.56. The van der Waals surface area contributed by atoms with Crippen LogP contribution >= 0.6 is 11.6 Å². The van der Waals surface area contributed by atoms with Gasteiger partial charge in [0, 0.05) is 10.6 Å². The van der Waals surface area contributed by atoms with Crippen molar-refractivity contribution in [1.29, 1.82) is 0 Å². The lowest BCUT2D eigenvalue weighted by Crippen LogP contribution is -2.08. The van der Waals surface area contributed by atoms with Crippen LogP contribution in [0.25, 0.3) is 0 Å². The molecule has 0 aliphatic heterocycles. The van der Waals surface area contributed by atoms with E-state index in [1.165, 1.54) is 12.1 Å².